The predicted octanol–water partition coefficient (Wildman–Crippen LogP) is 3.84. The van der Waals surface area contributed by atoms with E-state index in [1.54, 1.807) is 34.3 Å². The number of hydrogen-bond donors (Lipinski definition) is 1. The maximum Gasteiger partial charge on any atom is 0.419 e. The van der Waals surface area contributed by atoms with Crippen LogP contribution in [0.1, 0.15) is 13.8 Å². The molecule has 0 bridgehead atoms. The highest BCUT2D eigenvalue weighted by Gasteiger charge is 2.34. The number of anilines is 2. The molecule has 0 saturated carbocycles. The van der Waals surface area contributed by atoms with Gasteiger partial charge in [-0.15, -0.1) is 0 Å². The second kappa shape index (κ2) is 7.19. The van der Waals surface area contributed by atoms with Crippen molar-refractivity contribution in [2.75, 3.05) is 16.3 Å². The fourth-order valence-electron chi connectivity index (χ4n) is 3.51. The van der Waals surface area contributed by atoms with E-state index in [-0.39, 0.29) is 11.9 Å². The zero-order chi connectivity index (χ0) is 19.7. The van der Waals surface area contributed by atoms with E-state index in [1.807, 2.05) is 43.3 Å². The summed E-state index contributed by atoms with van der Waals surface area (Å²) >= 11 is 0. The highest BCUT2D eigenvalue weighted by atomic mass is 16.6. The third kappa shape index (κ3) is 3.22. The van der Waals surface area contributed by atoms with E-state index in [4.69, 9.17) is 4.74 Å². The van der Waals surface area contributed by atoms with E-state index < -0.39 is 6.09 Å². The lowest BCUT2D eigenvalue weighted by Gasteiger charge is -2.40. The van der Waals surface area contributed by atoms with Crippen LogP contribution in [0.25, 0.3) is 11.1 Å². The van der Waals surface area contributed by atoms with Gasteiger partial charge in [0.15, 0.2) is 0 Å². The molecule has 2 heterocycles. The normalized spacial score (nSPS) is 15.9. The number of nitrogens with zero attached hydrogens (tertiary/aromatic N) is 3. The van der Waals surface area contributed by atoms with E-state index in [1.165, 1.54) is 6.92 Å². The van der Waals surface area contributed by atoms with E-state index in [9.17, 15) is 9.59 Å². The number of para-hydroxylation sites is 1. The highest BCUT2D eigenvalue weighted by Crippen LogP contribution is 2.39. The molecule has 0 fully saturated rings. The molecule has 142 valence electrons. The van der Waals surface area contributed by atoms with Gasteiger partial charge in [-0.05, 0) is 36.8 Å². The van der Waals surface area contributed by atoms with Crippen LogP contribution in [0.5, 0.6) is 5.75 Å². The number of carbonyl (C=O) groups excluding carboxylic acids is 2. The minimum atomic E-state index is -0.480. The molecule has 0 saturated heterocycles. The molecule has 1 N–H and O–H groups in total. The second-order valence-corrected chi connectivity index (χ2v) is 6.72. The molecule has 1 aromatic heterocycles. The molecule has 2 amide bonds. The molecule has 3 aromatic rings. The molecule has 0 aliphatic carbocycles. The van der Waals surface area contributed by atoms with Crippen molar-refractivity contribution >= 4 is 23.4 Å². The molecule has 0 unspecified atom stereocenters. The lowest BCUT2D eigenvalue weighted by atomic mass is 10.0. The molecule has 0 radical (unpaired) electrons. The van der Waals surface area contributed by atoms with Crippen molar-refractivity contribution in [1.29, 1.82) is 0 Å². The Morgan fingerprint density at radius 1 is 1.11 bits per heavy atom. The first-order valence-corrected chi connectivity index (χ1v) is 9.02. The van der Waals surface area contributed by atoms with Gasteiger partial charge < -0.3 is 9.64 Å². The van der Waals surface area contributed by atoms with Crippen molar-refractivity contribution in [3.05, 3.63) is 60.9 Å². The molecular weight excluding hydrogens is 356 g/mol. The summed E-state index contributed by atoms with van der Waals surface area (Å²) in [5, 5.41) is 6.77. The summed E-state index contributed by atoms with van der Waals surface area (Å²) in [4.78, 5) is 28.4. The number of rotatable bonds is 2. The van der Waals surface area contributed by atoms with Crippen molar-refractivity contribution < 1.29 is 14.3 Å². The Morgan fingerprint density at radius 3 is 2.57 bits per heavy atom. The van der Waals surface area contributed by atoms with Gasteiger partial charge in [0.2, 0.25) is 5.91 Å². The molecule has 7 heteroatoms. The van der Waals surface area contributed by atoms with Gasteiger partial charge in [-0.3, -0.25) is 14.8 Å². The predicted molar refractivity (Wildman–Crippen MR) is 106 cm³/mol. The van der Waals surface area contributed by atoms with Crippen molar-refractivity contribution in [1.82, 2.24) is 10.2 Å². The Balaban J connectivity index is 1.75. The van der Waals surface area contributed by atoms with Crippen LogP contribution in [0.3, 0.4) is 0 Å². The van der Waals surface area contributed by atoms with Gasteiger partial charge in [0.05, 0.1) is 23.6 Å². The third-order valence-electron chi connectivity index (χ3n) is 4.75. The summed E-state index contributed by atoms with van der Waals surface area (Å²) in [5.41, 5.74) is 3.10. The zero-order valence-corrected chi connectivity index (χ0v) is 15.6. The number of H-pyrrole nitrogens is 1. The zero-order valence-electron chi connectivity index (χ0n) is 15.6. The van der Waals surface area contributed by atoms with Crippen LogP contribution in [0, 0.1) is 0 Å². The van der Waals surface area contributed by atoms with Crippen LogP contribution in [-0.4, -0.2) is 34.8 Å². The van der Waals surface area contributed by atoms with Crippen molar-refractivity contribution in [3.63, 3.8) is 0 Å². The van der Waals surface area contributed by atoms with Gasteiger partial charge in [0.25, 0.3) is 0 Å². The minimum absolute atomic E-state index is 0.0686. The number of carbonyl (C=O) groups is 2. The Bertz CT molecular complexity index is 1000. The van der Waals surface area contributed by atoms with Crippen LogP contribution in [-0.2, 0) is 4.79 Å². The SMILES string of the molecule is CC(=O)N1c2ccc(-c3cn[nH]c3)cc2N(C(=O)Oc2ccccc2)C[C@@H]1C. The number of benzene rings is 2. The second-order valence-electron chi connectivity index (χ2n) is 6.72. The molecule has 2 aromatic carbocycles. The van der Waals surface area contributed by atoms with Crippen LogP contribution in [0.2, 0.25) is 0 Å². The number of fused-ring (bicyclic) bond motifs is 1. The fraction of sp³-hybridized carbons (Fsp3) is 0.190. The molecule has 1 aliphatic rings. The molecule has 7 nitrogen and oxygen atoms in total. The molecule has 1 aliphatic heterocycles. The van der Waals surface area contributed by atoms with Gasteiger partial charge in [-0.2, -0.15) is 5.10 Å². The third-order valence-corrected chi connectivity index (χ3v) is 4.75. The lowest BCUT2D eigenvalue weighted by molar-refractivity contribution is -0.117. The largest absolute Gasteiger partial charge is 0.419 e. The average molecular weight is 376 g/mol. The quantitative estimate of drug-likeness (QED) is 0.737. The molecule has 0 spiro atoms. The Labute approximate surface area is 162 Å². The molecular formula is C21H20N4O3. The Morgan fingerprint density at radius 2 is 1.89 bits per heavy atom. The van der Waals surface area contributed by atoms with E-state index >= 15 is 0 Å². The van der Waals surface area contributed by atoms with Gasteiger partial charge >= 0.3 is 6.09 Å². The van der Waals surface area contributed by atoms with Crippen LogP contribution in [0.15, 0.2) is 60.9 Å². The summed E-state index contributed by atoms with van der Waals surface area (Å²) in [6.07, 6.45) is 3.01. The van der Waals surface area contributed by atoms with E-state index in [0.717, 1.165) is 11.1 Å². The molecule has 4 rings (SSSR count). The molecule has 28 heavy (non-hydrogen) atoms. The smallest absolute Gasteiger partial charge is 0.410 e. The maximum atomic E-state index is 12.9. The summed E-state index contributed by atoms with van der Waals surface area (Å²) in [5.74, 6) is 0.405. The first-order valence-electron chi connectivity index (χ1n) is 9.02. The standard InChI is InChI=1S/C21H20N4O3/c1-14-13-24(21(27)28-18-6-4-3-5-7-18)20-10-16(17-11-22-23-12-17)8-9-19(20)25(14)15(2)26/h3-12,14H,13H2,1-2H3,(H,22,23)/t14-/m0/s1. The van der Waals surface area contributed by atoms with Gasteiger partial charge in [-0.25, -0.2) is 4.79 Å². The van der Waals surface area contributed by atoms with Crippen LogP contribution in [0.4, 0.5) is 16.2 Å². The summed E-state index contributed by atoms with van der Waals surface area (Å²) in [6.45, 7) is 3.78. The Hall–Kier alpha value is -3.61. The summed E-state index contributed by atoms with van der Waals surface area (Å²) < 4.78 is 5.55. The number of nitrogens with one attached hydrogen (secondary N) is 1. The number of hydrogen-bond acceptors (Lipinski definition) is 4. The Kier molecular flexibility index (Phi) is 4.57. The number of ether oxygens (including phenoxy) is 1. The first-order chi connectivity index (χ1) is 13.5. The van der Waals surface area contributed by atoms with E-state index in [2.05, 4.69) is 10.2 Å². The highest BCUT2D eigenvalue weighted by molar-refractivity contribution is 6.03. The molecule has 1 atom stereocenters. The number of amides is 2. The van der Waals surface area contributed by atoms with Gasteiger partial charge in [0, 0.05) is 25.2 Å². The number of aromatic amines is 1. The average Bonchev–Trinajstić information content (AvgIpc) is 3.22. The van der Waals surface area contributed by atoms with Gasteiger partial charge in [0.1, 0.15) is 5.75 Å². The van der Waals surface area contributed by atoms with E-state index in [0.29, 0.717) is 23.7 Å². The maximum absolute atomic E-state index is 12.9. The van der Waals surface area contributed by atoms with Crippen molar-refractivity contribution in [2.24, 2.45) is 0 Å². The summed E-state index contributed by atoms with van der Waals surface area (Å²) in [6, 6.07) is 14.4. The van der Waals surface area contributed by atoms with Gasteiger partial charge in [-0.1, -0.05) is 24.3 Å². The minimum Gasteiger partial charge on any atom is -0.410 e. The first kappa shape index (κ1) is 17.8. The fourth-order valence-corrected chi connectivity index (χ4v) is 3.51. The van der Waals surface area contributed by atoms with Crippen LogP contribution >= 0.6 is 0 Å². The van der Waals surface area contributed by atoms with Crippen LogP contribution < -0.4 is 14.5 Å². The topological polar surface area (TPSA) is 78.5 Å². The van der Waals surface area contributed by atoms with Crippen molar-refractivity contribution in [3.8, 4) is 16.9 Å². The van der Waals surface area contributed by atoms with Crippen molar-refractivity contribution in [2.45, 2.75) is 19.9 Å². The number of aromatic nitrogens is 2. The monoisotopic (exact) mass is 376 g/mol. The summed E-state index contributed by atoms with van der Waals surface area (Å²) in [7, 11) is 0. The lowest BCUT2D eigenvalue weighted by Crippen LogP contribution is -2.52.